The van der Waals surface area contributed by atoms with Crippen LogP contribution in [0, 0.1) is 0 Å². The Morgan fingerprint density at radius 2 is 0.577 bits per heavy atom. The Kier molecular flexibility index (Phi) is 6.06. The van der Waals surface area contributed by atoms with E-state index in [9.17, 15) is 0 Å². The monoisotopic (exact) mass is 664 g/mol. The van der Waals surface area contributed by atoms with Gasteiger partial charge < -0.3 is 9.80 Å². The molecule has 244 valence electrons. The molecule has 3 heterocycles. The van der Waals surface area contributed by atoms with E-state index < -0.39 is 10.8 Å². The Balaban J connectivity index is 1.31. The molecule has 0 bridgehead atoms. The van der Waals surface area contributed by atoms with Crippen molar-refractivity contribution in [1.29, 1.82) is 0 Å². The molecule has 4 nitrogen and oxygen atoms in total. The molecule has 4 heteroatoms. The standard InChI is InChI=1S/C48H32N4/c1-2-16-33(17-3-1)51-43-26-12-8-22-39(43)47(40-23-9-13-27-44(40)51)35-18-4-6-20-37(35)48(38-21-7-5-19-36(38)47)41-24-10-14-28-45(41)52(34-30-49-32-50-31-34)46-29-15-11-25-42(46)48/h1-32H. The third-order valence-corrected chi connectivity index (χ3v) is 11.5. The Morgan fingerprint density at radius 3 is 0.942 bits per heavy atom. The predicted octanol–water partition coefficient (Wildman–Crippen LogP) is 11.1. The lowest BCUT2D eigenvalue weighted by molar-refractivity contribution is 0.607. The van der Waals surface area contributed by atoms with Crippen molar-refractivity contribution in [3.05, 3.63) is 239 Å². The van der Waals surface area contributed by atoms with Crippen molar-refractivity contribution in [2.75, 3.05) is 9.80 Å². The minimum atomic E-state index is -0.613. The maximum absolute atomic E-state index is 4.45. The topological polar surface area (TPSA) is 32.3 Å². The van der Waals surface area contributed by atoms with E-state index in [4.69, 9.17) is 0 Å². The molecule has 0 saturated carbocycles. The lowest BCUT2D eigenvalue weighted by Crippen LogP contribution is -2.49. The van der Waals surface area contributed by atoms with Crippen LogP contribution < -0.4 is 9.80 Å². The molecule has 1 aliphatic carbocycles. The van der Waals surface area contributed by atoms with Gasteiger partial charge in [0.2, 0.25) is 0 Å². The molecular weight excluding hydrogens is 633 g/mol. The summed E-state index contributed by atoms with van der Waals surface area (Å²) in [6.07, 6.45) is 5.41. The number of benzene rings is 7. The van der Waals surface area contributed by atoms with Gasteiger partial charge in [0.25, 0.3) is 0 Å². The molecule has 0 radical (unpaired) electrons. The second-order valence-corrected chi connectivity index (χ2v) is 13.8. The van der Waals surface area contributed by atoms with Crippen LogP contribution in [0.1, 0.15) is 44.5 Å². The first-order valence-electron chi connectivity index (χ1n) is 17.8. The highest BCUT2D eigenvalue weighted by molar-refractivity contribution is 5.95. The molecule has 0 unspecified atom stereocenters. The zero-order chi connectivity index (χ0) is 34.3. The highest BCUT2D eigenvalue weighted by atomic mass is 15.2. The van der Waals surface area contributed by atoms with Gasteiger partial charge in [-0.2, -0.15) is 0 Å². The van der Waals surface area contributed by atoms with Crippen LogP contribution >= 0.6 is 0 Å². The van der Waals surface area contributed by atoms with Crippen LogP contribution in [0.15, 0.2) is 195 Å². The van der Waals surface area contributed by atoms with Crippen molar-refractivity contribution >= 4 is 34.1 Å². The molecule has 0 fully saturated rings. The molecule has 3 aliphatic rings. The zero-order valence-electron chi connectivity index (χ0n) is 28.3. The van der Waals surface area contributed by atoms with Gasteiger partial charge in [-0.15, -0.1) is 0 Å². The Hall–Kier alpha value is -6.78. The van der Waals surface area contributed by atoms with E-state index in [2.05, 4.69) is 196 Å². The number of hydrogen-bond donors (Lipinski definition) is 0. The summed E-state index contributed by atoms with van der Waals surface area (Å²) in [6.45, 7) is 0. The summed E-state index contributed by atoms with van der Waals surface area (Å²) < 4.78 is 0. The van der Waals surface area contributed by atoms with Gasteiger partial charge in [0.1, 0.15) is 6.33 Å². The average Bonchev–Trinajstić information content (AvgIpc) is 3.23. The number of nitrogens with zero attached hydrogens (tertiary/aromatic N) is 4. The van der Waals surface area contributed by atoms with Crippen LogP contribution in [0.5, 0.6) is 0 Å². The van der Waals surface area contributed by atoms with Crippen molar-refractivity contribution in [2.45, 2.75) is 10.8 Å². The van der Waals surface area contributed by atoms with Gasteiger partial charge in [0.15, 0.2) is 0 Å². The van der Waals surface area contributed by atoms with E-state index in [1.54, 1.807) is 6.33 Å². The fourth-order valence-electron chi connectivity index (χ4n) is 9.76. The second kappa shape index (κ2) is 10.9. The fraction of sp³-hybridized carbons (Fsp3) is 0.0417. The second-order valence-electron chi connectivity index (χ2n) is 13.8. The summed E-state index contributed by atoms with van der Waals surface area (Å²) in [4.78, 5) is 13.7. The summed E-state index contributed by atoms with van der Waals surface area (Å²) in [5.41, 5.74) is 15.7. The number of aromatic nitrogens is 2. The summed E-state index contributed by atoms with van der Waals surface area (Å²) in [5.74, 6) is 0. The molecule has 8 aromatic rings. The van der Waals surface area contributed by atoms with Gasteiger partial charge in [0, 0.05) is 5.69 Å². The first-order chi connectivity index (χ1) is 25.8. The summed E-state index contributed by atoms with van der Waals surface area (Å²) in [6, 6.07) is 65.1. The first kappa shape index (κ1) is 29.0. The van der Waals surface area contributed by atoms with Gasteiger partial charge in [-0.05, 0) is 80.9 Å². The van der Waals surface area contributed by atoms with Gasteiger partial charge in [-0.25, -0.2) is 9.97 Å². The minimum absolute atomic E-state index is 0.592. The third kappa shape index (κ3) is 3.55. The summed E-state index contributed by atoms with van der Waals surface area (Å²) in [5, 5.41) is 0. The average molecular weight is 665 g/mol. The third-order valence-electron chi connectivity index (χ3n) is 11.5. The van der Waals surface area contributed by atoms with Crippen LogP contribution in [-0.4, -0.2) is 9.97 Å². The van der Waals surface area contributed by atoms with E-state index in [1.165, 1.54) is 55.9 Å². The molecule has 1 aromatic heterocycles. The van der Waals surface area contributed by atoms with E-state index in [-0.39, 0.29) is 0 Å². The molecule has 52 heavy (non-hydrogen) atoms. The van der Waals surface area contributed by atoms with Crippen molar-refractivity contribution in [2.24, 2.45) is 0 Å². The molecule has 0 amide bonds. The smallest absolute Gasteiger partial charge is 0.115 e. The van der Waals surface area contributed by atoms with E-state index in [1.807, 2.05) is 12.4 Å². The molecule has 2 spiro atoms. The van der Waals surface area contributed by atoms with Crippen LogP contribution in [-0.2, 0) is 10.8 Å². The minimum Gasteiger partial charge on any atom is -0.310 e. The molecule has 0 atom stereocenters. The Morgan fingerprint density at radius 1 is 0.288 bits per heavy atom. The van der Waals surface area contributed by atoms with Gasteiger partial charge in [0.05, 0.1) is 51.7 Å². The Bertz CT molecular complexity index is 2340. The van der Waals surface area contributed by atoms with Gasteiger partial charge in [-0.3, -0.25) is 0 Å². The van der Waals surface area contributed by atoms with E-state index in [0.717, 1.165) is 22.7 Å². The number of para-hydroxylation sites is 5. The summed E-state index contributed by atoms with van der Waals surface area (Å²) in [7, 11) is 0. The maximum Gasteiger partial charge on any atom is 0.115 e. The number of anilines is 6. The summed E-state index contributed by atoms with van der Waals surface area (Å²) >= 11 is 0. The zero-order valence-corrected chi connectivity index (χ0v) is 28.3. The first-order valence-corrected chi connectivity index (χ1v) is 17.8. The molecule has 0 N–H and O–H groups in total. The number of fused-ring (bicyclic) bond motifs is 14. The van der Waals surface area contributed by atoms with Crippen LogP contribution in [0.4, 0.5) is 34.1 Å². The van der Waals surface area contributed by atoms with Crippen LogP contribution in [0.2, 0.25) is 0 Å². The van der Waals surface area contributed by atoms with Crippen molar-refractivity contribution in [3.8, 4) is 0 Å². The van der Waals surface area contributed by atoms with Gasteiger partial charge >= 0.3 is 0 Å². The molecule has 0 saturated heterocycles. The maximum atomic E-state index is 4.45. The Labute approximate surface area is 303 Å². The normalized spacial score (nSPS) is 15.2. The van der Waals surface area contributed by atoms with Crippen LogP contribution in [0.25, 0.3) is 0 Å². The molecular formula is C48H32N4. The predicted molar refractivity (Wildman–Crippen MR) is 209 cm³/mol. The van der Waals surface area contributed by atoms with E-state index in [0.29, 0.717) is 0 Å². The van der Waals surface area contributed by atoms with Crippen LogP contribution in [0.3, 0.4) is 0 Å². The SMILES string of the molecule is c1ccc(N2c3ccccc3C3(c4ccccc42)c2ccccc2C2(c4ccccc4N(c4cncnc4)c4ccccc42)c2ccccc23)cc1. The fourth-order valence-corrected chi connectivity index (χ4v) is 9.76. The quantitative estimate of drug-likeness (QED) is 0.184. The van der Waals surface area contributed by atoms with Gasteiger partial charge in [-0.1, -0.05) is 140 Å². The molecule has 7 aromatic carbocycles. The van der Waals surface area contributed by atoms with E-state index >= 15 is 0 Å². The molecule has 2 aliphatic heterocycles. The largest absolute Gasteiger partial charge is 0.310 e. The lowest BCUT2D eigenvalue weighted by Gasteiger charge is -2.56. The highest BCUT2D eigenvalue weighted by Gasteiger charge is 2.58. The van der Waals surface area contributed by atoms with Crippen molar-refractivity contribution in [1.82, 2.24) is 9.97 Å². The highest BCUT2D eigenvalue weighted by Crippen LogP contribution is 2.67. The van der Waals surface area contributed by atoms with Crippen molar-refractivity contribution in [3.63, 3.8) is 0 Å². The lowest BCUT2D eigenvalue weighted by atomic mass is 9.49. The number of rotatable bonds is 2. The van der Waals surface area contributed by atoms with Crippen molar-refractivity contribution < 1.29 is 0 Å². The molecule has 11 rings (SSSR count). The number of hydrogen-bond acceptors (Lipinski definition) is 4.